The van der Waals surface area contributed by atoms with Gasteiger partial charge in [0.15, 0.2) is 12.6 Å². The van der Waals surface area contributed by atoms with E-state index in [9.17, 15) is 30.3 Å². The van der Waals surface area contributed by atoms with E-state index in [0.29, 0.717) is 30.6 Å². The highest BCUT2D eigenvalue weighted by Crippen LogP contribution is 2.69. The molecule has 5 fully saturated rings. The molecule has 3 saturated carbocycles. The van der Waals surface area contributed by atoms with Crippen LogP contribution in [0.15, 0.2) is 11.6 Å². The zero-order valence-electron chi connectivity index (χ0n) is 30.8. The van der Waals surface area contributed by atoms with Gasteiger partial charge in [0.25, 0.3) is 0 Å². The van der Waals surface area contributed by atoms with E-state index in [2.05, 4.69) is 33.8 Å². The fourth-order valence-corrected chi connectivity index (χ4v) is 11.3. The quantitative estimate of drug-likeness (QED) is 0.223. The lowest BCUT2D eigenvalue weighted by molar-refractivity contribution is -0.326. The Bertz CT molecular complexity index is 1220. The van der Waals surface area contributed by atoms with Crippen molar-refractivity contribution < 1.29 is 49.3 Å². The number of rotatable bonds is 9. The van der Waals surface area contributed by atoms with Crippen LogP contribution in [0, 0.1) is 52.3 Å². The molecule has 4 aliphatic carbocycles. The molecule has 0 bridgehead atoms. The van der Waals surface area contributed by atoms with E-state index in [1.165, 1.54) is 5.57 Å². The third-order valence-electron chi connectivity index (χ3n) is 14.6. The second-order valence-electron chi connectivity index (χ2n) is 17.8. The summed E-state index contributed by atoms with van der Waals surface area (Å²) in [4.78, 5) is 13.9. The molecule has 17 atom stereocenters. The Morgan fingerprint density at radius 2 is 1.61 bits per heavy atom. The Kier molecular flexibility index (Phi) is 10.9. The highest BCUT2D eigenvalue weighted by Gasteiger charge is 2.70. The second kappa shape index (κ2) is 14.1. The molecule has 0 aromatic carbocycles. The van der Waals surface area contributed by atoms with Crippen LogP contribution in [0.5, 0.6) is 0 Å². The monoisotopic (exact) mass is 692 g/mol. The van der Waals surface area contributed by atoms with Gasteiger partial charge in [-0.15, -0.1) is 0 Å². The second-order valence-corrected chi connectivity index (χ2v) is 17.8. The molecular formula is C39H64O10. The van der Waals surface area contributed by atoms with Crippen molar-refractivity contribution in [3.63, 3.8) is 0 Å². The molecule has 0 aromatic heterocycles. The summed E-state index contributed by atoms with van der Waals surface area (Å²) in [6.45, 7) is 14.2. The molecule has 10 nitrogen and oxygen atoms in total. The Labute approximate surface area is 292 Å². The number of aliphatic hydroxyl groups is 5. The SMILES string of the molecule is CC(C)CCC(=O)[C@@H](C)[C@@]1(O)[C@@H](OC2OCC(O)C(OC3OCC(O)C(O)C3C)C2C)C[C@H]2[C@@H]3CC=C4C[C@@H](O)CC[C@]4(C)[C@H]3CC[C@@]21C. The van der Waals surface area contributed by atoms with Gasteiger partial charge in [0.2, 0.25) is 0 Å². The summed E-state index contributed by atoms with van der Waals surface area (Å²) < 4.78 is 25.1. The molecule has 6 aliphatic rings. The van der Waals surface area contributed by atoms with Crippen LogP contribution in [0.25, 0.3) is 0 Å². The van der Waals surface area contributed by atoms with Gasteiger partial charge in [-0.2, -0.15) is 0 Å². The van der Waals surface area contributed by atoms with Crippen molar-refractivity contribution in [3.05, 3.63) is 11.6 Å². The predicted octanol–water partition coefficient (Wildman–Crippen LogP) is 4.13. The van der Waals surface area contributed by atoms with Gasteiger partial charge in [-0.3, -0.25) is 4.79 Å². The minimum atomic E-state index is -1.43. The van der Waals surface area contributed by atoms with Crippen molar-refractivity contribution in [1.29, 1.82) is 0 Å². The molecule has 0 aromatic rings. The molecule has 10 heteroatoms. The van der Waals surface area contributed by atoms with E-state index >= 15 is 0 Å². The van der Waals surface area contributed by atoms with Crippen molar-refractivity contribution in [2.45, 2.75) is 161 Å². The molecule has 0 amide bonds. The number of fused-ring (bicyclic) bond motifs is 5. The van der Waals surface area contributed by atoms with Gasteiger partial charge < -0.3 is 44.5 Å². The van der Waals surface area contributed by atoms with Crippen LogP contribution >= 0.6 is 0 Å². The smallest absolute Gasteiger partial charge is 0.163 e. The van der Waals surface area contributed by atoms with Crippen LogP contribution in [0.2, 0.25) is 0 Å². The first-order valence-corrected chi connectivity index (χ1v) is 19.2. The Morgan fingerprint density at radius 1 is 0.939 bits per heavy atom. The molecule has 8 unspecified atom stereocenters. The molecule has 5 N–H and O–H groups in total. The Morgan fingerprint density at radius 3 is 2.31 bits per heavy atom. The van der Waals surface area contributed by atoms with Crippen LogP contribution < -0.4 is 0 Å². The van der Waals surface area contributed by atoms with E-state index in [1.807, 2.05) is 13.8 Å². The molecule has 2 saturated heterocycles. The fourth-order valence-electron chi connectivity index (χ4n) is 11.3. The van der Waals surface area contributed by atoms with Crippen molar-refractivity contribution >= 4 is 5.78 Å². The molecule has 6 rings (SSSR count). The zero-order valence-corrected chi connectivity index (χ0v) is 30.8. The van der Waals surface area contributed by atoms with Crippen molar-refractivity contribution in [3.8, 4) is 0 Å². The maximum atomic E-state index is 13.9. The van der Waals surface area contributed by atoms with Crippen molar-refractivity contribution in [1.82, 2.24) is 0 Å². The maximum Gasteiger partial charge on any atom is 0.163 e. The van der Waals surface area contributed by atoms with Gasteiger partial charge in [-0.1, -0.05) is 60.1 Å². The molecule has 49 heavy (non-hydrogen) atoms. The van der Waals surface area contributed by atoms with E-state index in [0.717, 1.165) is 44.9 Å². The minimum Gasteiger partial charge on any atom is -0.393 e. The number of hydrogen-bond acceptors (Lipinski definition) is 10. The highest BCUT2D eigenvalue weighted by molar-refractivity contribution is 5.82. The first-order valence-electron chi connectivity index (χ1n) is 19.2. The van der Waals surface area contributed by atoms with Crippen LogP contribution in [0.3, 0.4) is 0 Å². The van der Waals surface area contributed by atoms with Gasteiger partial charge in [0.1, 0.15) is 23.6 Å². The Balaban J connectivity index is 1.28. The number of ether oxygens (including phenoxy) is 4. The minimum absolute atomic E-state index is 0.0306. The summed E-state index contributed by atoms with van der Waals surface area (Å²) in [5.41, 5.74) is -0.567. The van der Waals surface area contributed by atoms with E-state index in [4.69, 9.17) is 18.9 Å². The molecule has 0 spiro atoms. The normalized spacial score (nSPS) is 50.6. The Hall–Kier alpha value is -0.950. The maximum absolute atomic E-state index is 13.9. The summed E-state index contributed by atoms with van der Waals surface area (Å²) in [6, 6.07) is 0. The molecule has 280 valence electrons. The largest absolute Gasteiger partial charge is 0.393 e. The average molecular weight is 693 g/mol. The van der Waals surface area contributed by atoms with Crippen LogP contribution in [-0.2, 0) is 23.7 Å². The highest BCUT2D eigenvalue weighted by atomic mass is 16.7. The third-order valence-corrected chi connectivity index (χ3v) is 14.6. The standard InChI is InChI=1S/C39H64O10/c1-20(2)8-11-29(41)23(5)39(45)32(48-36-22(4)34(31(43)19-47-36)49-35-21(3)33(44)30(42)18-46-35)17-28-26-10-9-24-16-25(40)12-14-37(24,6)27(26)13-15-38(28,39)7/h9,20-23,25-28,30-36,40,42-45H,8,10-19H2,1-7H3/t21?,22?,23-,25+,26-,27+,28+,30?,31?,32+,33?,34?,35?,36?,37+,38+,39-/m1/s1. The lowest BCUT2D eigenvalue weighted by Crippen LogP contribution is -2.62. The van der Waals surface area contributed by atoms with Gasteiger partial charge >= 0.3 is 0 Å². The first kappa shape index (κ1) is 37.8. The van der Waals surface area contributed by atoms with E-state index in [1.54, 1.807) is 6.92 Å². The third kappa shape index (κ3) is 6.41. The van der Waals surface area contributed by atoms with Crippen molar-refractivity contribution in [2.24, 2.45) is 52.3 Å². The van der Waals surface area contributed by atoms with Crippen LogP contribution in [0.1, 0.15) is 106 Å². The summed E-state index contributed by atoms with van der Waals surface area (Å²) >= 11 is 0. The fraction of sp³-hybridized carbons (Fsp3) is 0.923. The summed E-state index contributed by atoms with van der Waals surface area (Å²) in [5.74, 6) is -0.284. The molecule has 2 heterocycles. The molecule has 0 radical (unpaired) electrons. The zero-order chi connectivity index (χ0) is 35.6. The number of Topliss-reactive ketones (excluding diaryl/α,β-unsaturated/α-hetero) is 1. The summed E-state index contributed by atoms with van der Waals surface area (Å²) in [6.07, 6.45) is 3.03. The number of allylic oxidation sites excluding steroid dienone is 1. The van der Waals surface area contributed by atoms with Gasteiger partial charge in [-0.25, -0.2) is 0 Å². The van der Waals surface area contributed by atoms with Gasteiger partial charge in [-0.05, 0) is 80.5 Å². The predicted molar refractivity (Wildman–Crippen MR) is 182 cm³/mol. The topological polar surface area (TPSA) is 155 Å². The van der Waals surface area contributed by atoms with E-state index in [-0.39, 0.29) is 36.4 Å². The molecule has 2 aliphatic heterocycles. The number of carbonyl (C=O) groups is 1. The number of ketones is 1. The number of carbonyl (C=O) groups excluding carboxylic acids is 1. The summed E-state index contributed by atoms with van der Waals surface area (Å²) in [5, 5.41) is 55.2. The van der Waals surface area contributed by atoms with Crippen molar-refractivity contribution in [2.75, 3.05) is 13.2 Å². The van der Waals surface area contributed by atoms with Gasteiger partial charge in [0.05, 0.1) is 37.6 Å². The average Bonchev–Trinajstić information content (AvgIpc) is 3.29. The number of hydrogen-bond donors (Lipinski definition) is 5. The van der Waals surface area contributed by atoms with Crippen LogP contribution in [-0.4, -0.2) is 99.3 Å². The van der Waals surface area contributed by atoms with Gasteiger partial charge in [0, 0.05) is 29.6 Å². The van der Waals surface area contributed by atoms with E-state index < -0.39 is 71.9 Å². The number of aliphatic hydroxyl groups excluding tert-OH is 4. The summed E-state index contributed by atoms with van der Waals surface area (Å²) in [7, 11) is 0. The lowest BCUT2D eigenvalue weighted by Gasteiger charge is -2.59. The first-order chi connectivity index (χ1) is 23.0. The van der Waals surface area contributed by atoms with Crippen LogP contribution in [0.4, 0.5) is 0 Å². The lowest BCUT2D eigenvalue weighted by atomic mass is 9.46. The molecular weight excluding hydrogens is 628 g/mol.